The fourth-order valence-electron chi connectivity index (χ4n) is 1.68. The molecule has 4 nitrogen and oxygen atoms in total. The van der Waals surface area contributed by atoms with Gasteiger partial charge in [0.2, 0.25) is 5.91 Å². The van der Waals surface area contributed by atoms with E-state index in [4.69, 9.17) is 5.11 Å². The molecule has 0 radical (unpaired) electrons. The van der Waals surface area contributed by atoms with E-state index in [-0.39, 0.29) is 30.9 Å². The van der Waals surface area contributed by atoms with Crippen molar-refractivity contribution in [2.24, 2.45) is 5.92 Å². The van der Waals surface area contributed by atoms with Crippen molar-refractivity contribution in [3.63, 3.8) is 0 Å². The van der Waals surface area contributed by atoms with Crippen LogP contribution in [0.5, 0.6) is 0 Å². The Bertz CT molecular complexity index is 471. The number of amides is 1. The molecule has 1 amide bonds. The summed E-state index contributed by atoms with van der Waals surface area (Å²) in [4.78, 5) is 22.0. The number of hydrogen-bond acceptors (Lipinski definition) is 2. The van der Waals surface area contributed by atoms with Gasteiger partial charge in [0.1, 0.15) is 11.6 Å². The van der Waals surface area contributed by atoms with Crippen molar-refractivity contribution >= 4 is 11.9 Å². The van der Waals surface area contributed by atoms with Gasteiger partial charge in [0, 0.05) is 18.5 Å². The highest BCUT2D eigenvalue weighted by Gasteiger charge is 2.13. The second-order valence-corrected chi connectivity index (χ2v) is 4.72. The van der Waals surface area contributed by atoms with Gasteiger partial charge in [0.25, 0.3) is 0 Å². The average Bonchev–Trinajstić information content (AvgIpc) is 2.38. The smallest absolute Gasteiger partial charge is 0.303 e. The van der Waals surface area contributed by atoms with Crippen molar-refractivity contribution in [3.05, 3.63) is 35.4 Å². The SMILES string of the molecule is CC(CCC(=O)O)CNC(=O)Cc1c(F)cccc1F. The third-order valence-electron chi connectivity index (χ3n) is 2.90. The van der Waals surface area contributed by atoms with Crippen LogP contribution in [0.2, 0.25) is 0 Å². The van der Waals surface area contributed by atoms with E-state index in [0.29, 0.717) is 6.42 Å². The first kappa shape index (κ1) is 16.1. The van der Waals surface area contributed by atoms with Gasteiger partial charge in [-0.2, -0.15) is 0 Å². The zero-order valence-corrected chi connectivity index (χ0v) is 11.2. The zero-order valence-electron chi connectivity index (χ0n) is 11.2. The summed E-state index contributed by atoms with van der Waals surface area (Å²) in [7, 11) is 0. The number of carbonyl (C=O) groups is 2. The Morgan fingerprint density at radius 1 is 1.30 bits per heavy atom. The number of halogens is 2. The van der Waals surface area contributed by atoms with E-state index in [9.17, 15) is 18.4 Å². The highest BCUT2D eigenvalue weighted by atomic mass is 19.1. The Morgan fingerprint density at radius 3 is 2.45 bits per heavy atom. The number of hydrogen-bond donors (Lipinski definition) is 2. The van der Waals surface area contributed by atoms with Crippen molar-refractivity contribution in [1.29, 1.82) is 0 Å². The largest absolute Gasteiger partial charge is 0.481 e. The molecule has 0 saturated carbocycles. The quantitative estimate of drug-likeness (QED) is 0.806. The first-order valence-corrected chi connectivity index (χ1v) is 6.31. The Hall–Kier alpha value is -1.98. The summed E-state index contributed by atoms with van der Waals surface area (Å²) in [5, 5.41) is 11.1. The van der Waals surface area contributed by atoms with Crippen molar-refractivity contribution in [2.75, 3.05) is 6.54 Å². The fourth-order valence-corrected chi connectivity index (χ4v) is 1.68. The predicted molar refractivity (Wildman–Crippen MR) is 69.1 cm³/mol. The maximum Gasteiger partial charge on any atom is 0.303 e. The Balaban J connectivity index is 2.42. The van der Waals surface area contributed by atoms with E-state index in [2.05, 4.69) is 5.32 Å². The molecule has 1 atom stereocenters. The zero-order chi connectivity index (χ0) is 15.1. The molecule has 0 heterocycles. The summed E-state index contributed by atoms with van der Waals surface area (Å²) >= 11 is 0. The first-order valence-electron chi connectivity index (χ1n) is 6.31. The predicted octanol–water partition coefficient (Wildman–Crippen LogP) is 2.12. The van der Waals surface area contributed by atoms with Crippen LogP contribution in [0.3, 0.4) is 0 Å². The molecule has 2 N–H and O–H groups in total. The standard InChI is InChI=1S/C14H17F2NO3/c1-9(5-6-14(19)20)8-17-13(18)7-10-11(15)3-2-4-12(10)16/h2-4,9H,5-8H2,1H3,(H,17,18)(H,19,20). The van der Waals surface area contributed by atoms with E-state index in [1.807, 2.05) is 0 Å². The van der Waals surface area contributed by atoms with Crippen LogP contribution < -0.4 is 5.32 Å². The van der Waals surface area contributed by atoms with Gasteiger partial charge in [0.15, 0.2) is 0 Å². The van der Waals surface area contributed by atoms with Crippen LogP contribution in [0.1, 0.15) is 25.3 Å². The summed E-state index contributed by atoms with van der Waals surface area (Å²) in [5.74, 6) is -2.90. The van der Waals surface area contributed by atoms with E-state index in [1.54, 1.807) is 6.92 Å². The van der Waals surface area contributed by atoms with Crippen LogP contribution in [0, 0.1) is 17.6 Å². The Labute approximate surface area is 115 Å². The minimum atomic E-state index is -0.892. The molecule has 1 rings (SSSR count). The molecule has 0 bridgehead atoms. The topological polar surface area (TPSA) is 66.4 Å². The van der Waals surface area contributed by atoms with E-state index in [0.717, 1.165) is 12.1 Å². The lowest BCUT2D eigenvalue weighted by atomic mass is 10.1. The molecule has 0 aliphatic carbocycles. The molecule has 20 heavy (non-hydrogen) atoms. The van der Waals surface area contributed by atoms with Gasteiger partial charge in [0.05, 0.1) is 6.42 Å². The number of rotatable bonds is 7. The maximum absolute atomic E-state index is 13.3. The van der Waals surface area contributed by atoms with Crippen molar-refractivity contribution in [1.82, 2.24) is 5.32 Å². The van der Waals surface area contributed by atoms with Crippen molar-refractivity contribution < 1.29 is 23.5 Å². The number of carbonyl (C=O) groups excluding carboxylic acids is 1. The van der Waals surface area contributed by atoms with E-state index in [1.165, 1.54) is 6.07 Å². The van der Waals surface area contributed by atoms with Crippen LogP contribution in [-0.2, 0) is 16.0 Å². The Morgan fingerprint density at radius 2 is 1.90 bits per heavy atom. The summed E-state index contributed by atoms with van der Waals surface area (Å²) in [6.07, 6.45) is 0.0901. The monoisotopic (exact) mass is 285 g/mol. The van der Waals surface area contributed by atoms with Crippen LogP contribution in [0.4, 0.5) is 8.78 Å². The van der Waals surface area contributed by atoms with E-state index >= 15 is 0 Å². The first-order chi connectivity index (χ1) is 9.40. The summed E-state index contributed by atoms with van der Waals surface area (Å²) in [6.45, 7) is 2.08. The minimum absolute atomic E-state index is 0.0134. The minimum Gasteiger partial charge on any atom is -0.481 e. The van der Waals surface area contributed by atoms with Gasteiger partial charge in [-0.15, -0.1) is 0 Å². The van der Waals surface area contributed by atoms with Gasteiger partial charge >= 0.3 is 5.97 Å². The highest BCUT2D eigenvalue weighted by Crippen LogP contribution is 2.12. The van der Waals surface area contributed by atoms with Crippen LogP contribution in [-0.4, -0.2) is 23.5 Å². The molecule has 1 aromatic rings. The van der Waals surface area contributed by atoms with Crippen LogP contribution in [0.25, 0.3) is 0 Å². The highest BCUT2D eigenvalue weighted by molar-refractivity contribution is 5.78. The molecular weight excluding hydrogens is 268 g/mol. The second kappa shape index (κ2) is 7.57. The number of benzene rings is 1. The molecule has 1 aromatic carbocycles. The lowest BCUT2D eigenvalue weighted by molar-refractivity contribution is -0.137. The fraction of sp³-hybridized carbons (Fsp3) is 0.429. The molecule has 110 valence electrons. The second-order valence-electron chi connectivity index (χ2n) is 4.72. The summed E-state index contributed by atoms with van der Waals surface area (Å²) in [5.41, 5.74) is -0.261. The molecule has 0 saturated heterocycles. The Kier molecular flexibility index (Phi) is 6.09. The lowest BCUT2D eigenvalue weighted by Gasteiger charge is -2.12. The molecule has 0 aliphatic rings. The molecule has 0 fully saturated rings. The van der Waals surface area contributed by atoms with Gasteiger partial charge in [-0.25, -0.2) is 8.78 Å². The number of carboxylic acid groups (broad SMARTS) is 1. The summed E-state index contributed by atoms with van der Waals surface area (Å²) in [6, 6.07) is 3.43. The van der Waals surface area contributed by atoms with Crippen molar-refractivity contribution in [2.45, 2.75) is 26.2 Å². The van der Waals surface area contributed by atoms with Crippen LogP contribution in [0.15, 0.2) is 18.2 Å². The van der Waals surface area contributed by atoms with Gasteiger partial charge in [-0.3, -0.25) is 9.59 Å². The third-order valence-corrected chi connectivity index (χ3v) is 2.90. The lowest BCUT2D eigenvalue weighted by Crippen LogP contribution is -2.30. The molecule has 6 heteroatoms. The van der Waals surface area contributed by atoms with Gasteiger partial charge in [-0.1, -0.05) is 13.0 Å². The average molecular weight is 285 g/mol. The third kappa shape index (κ3) is 5.34. The number of aliphatic carboxylic acids is 1. The molecule has 0 aromatic heterocycles. The van der Waals surface area contributed by atoms with Crippen molar-refractivity contribution in [3.8, 4) is 0 Å². The molecular formula is C14H17F2NO3. The maximum atomic E-state index is 13.3. The molecule has 0 aliphatic heterocycles. The number of nitrogens with one attached hydrogen (secondary N) is 1. The van der Waals surface area contributed by atoms with Crippen LogP contribution >= 0.6 is 0 Å². The molecule has 0 spiro atoms. The number of carboxylic acids is 1. The van der Waals surface area contributed by atoms with Gasteiger partial charge in [-0.05, 0) is 24.5 Å². The molecule has 1 unspecified atom stereocenters. The van der Waals surface area contributed by atoms with Gasteiger partial charge < -0.3 is 10.4 Å². The summed E-state index contributed by atoms with van der Waals surface area (Å²) < 4.78 is 26.7. The van der Waals surface area contributed by atoms with E-state index < -0.39 is 23.5 Å². The normalized spacial score (nSPS) is 11.9.